The molecule has 0 rings (SSSR count). The van der Waals surface area contributed by atoms with Crippen molar-refractivity contribution in [3.63, 3.8) is 0 Å². The summed E-state index contributed by atoms with van der Waals surface area (Å²) in [6.07, 6.45) is 3.84. The van der Waals surface area contributed by atoms with Crippen LogP contribution in [0, 0.1) is 0 Å². The first kappa shape index (κ1) is 8.70. The Morgan fingerprint density at radius 3 is 2.56 bits per heavy atom. The first-order chi connectivity index (χ1) is 4.16. The van der Waals surface area contributed by atoms with Crippen LogP contribution in [0.25, 0.3) is 0 Å². The average molecular weight is 128 g/mol. The molecule has 0 unspecified atom stereocenters. The Labute approximate surface area is 57.4 Å². The van der Waals surface area contributed by atoms with Gasteiger partial charge in [-0.05, 0) is 26.7 Å². The zero-order valence-electron chi connectivity index (χ0n) is 6.52. The SMILES string of the molecule is CC/C=C(\C)C[C@H](C)O. The highest BCUT2D eigenvalue weighted by atomic mass is 16.3. The van der Waals surface area contributed by atoms with Crippen LogP contribution in [-0.2, 0) is 0 Å². The summed E-state index contributed by atoms with van der Waals surface area (Å²) in [6.45, 7) is 5.97. The molecule has 9 heavy (non-hydrogen) atoms. The standard InChI is InChI=1S/C8H16O/c1-4-5-7(2)6-8(3)9/h5,8-9H,4,6H2,1-3H3/b7-5+/t8-/m0/s1. The average Bonchev–Trinajstić information content (AvgIpc) is 1.63. The van der Waals surface area contributed by atoms with Crippen LogP contribution in [0.5, 0.6) is 0 Å². The largest absolute Gasteiger partial charge is 0.393 e. The molecule has 1 N–H and O–H groups in total. The predicted molar refractivity (Wildman–Crippen MR) is 40.3 cm³/mol. The van der Waals surface area contributed by atoms with Gasteiger partial charge >= 0.3 is 0 Å². The molecule has 0 aromatic carbocycles. The van der Waals surface area contributed by atoms with E-state index in [2.05, 4.69) is 19.9 Å². The van der Waals surface area contributed by atoms with E-state index in [1.165, 1.54) is 5.57 Å². The van der Waals surface area contributed by atoms with E-state index in [1.807, 2.05) is 6.92 Å². The number of hydrogen-bond donors (Lipinski definition) is 1. The summed E-state index contributed by atoms with van der Waals surface area (Å²) in [4.78, 5) is 0. The molecule has 1 atom stereocenters. The van der Waals surface area contributed by atoms with Gasteiger partial charge in [0.2, 0.25) is 0 Å². The quantitative estimate of drug-likeness (QED) is 0.577. The minimum Gasteiger partial charge on any atom is -0.393 e. The summed E-state index contributed by atoms with van der Waals surface area (Å²) < 4.78 is 0. The van der Waals surface area contributed by atoms with Gasteiger partial charge in [-0.3, -0.25) is 0 Å². The van der Waals surface area contributed by atoms with Crippen molar-refractivity contribution >= 4 is 0 Å². The number of allylic oxidation sites excluding steroid dienone is 1. The highest BCUT2D eigenvalue weighted by Gasteiger charge is 1.94. The highest BCUT2D eigenvalue weighted by molar-refractivity contribution is 4.98. The molecule has 0 aliphatic carbocycles. The Morgan fingerprint density at radius 1 is 1.67 bits per heavy atom. The molecule has 0 radical (unpaired) electrons. The maximum absolute atomic E-state index is 8.91. The van der Waals surface area contributed by atoms with Crippen molar-refractivity contribution in [3.8, 4) is 0 Å². The van der Waals surface area contributed by atoms with E-state index < -0.39 is 0 Å². The Hall–Kier alpha value is -0.300. The fourth-order valence-corrected chi connectivity index (χ4v) is 0.898. The van der Waals surface area contributed by atoms with Crippen molar-refractivity contribution in [2.75, 3.05) is 0 Å². The third-order valence-corrected chi connectivity index (χ3v) is 1.17. The Balaban J connectivity index is 3.49. The molecule has 1 nitrogen and oxygen atoms in total. The van der Waals surface area contributed by atoms with Crippen molar-refractivity contribution in [2.24, 2.45) is 0 Å². The van der Waals surface area contributed by atoms with Crippen LogP contribution in [0.3, 0.4) is 0 Å². The fourth-order valence-electron chi connectivity index (χ4n) is 0.898. The monoisotopic (exact) mass is 128 g/mol. The normalized spacial score (nSPS) is 15.8. The summed E-state index contributed by atoms with van der Waals surface area (Å²) in [5, 5.41) is 8.91. The van der Waals surface area contributed by atoms with Crippen molar-refractivity contribution in [1.29, 1.82) is 0 Å². The maximum Gasteiger partial charge on any atom is 0.0549 e. The Morgan fingerprint density at radius 2 is 2.22 bits per heavy atom. The second kappa shape index (κ2) is 4.57. The van der Waals surface area contributed by atoms with Crippen LogP contribution in [-0.4, -0.2) is 11.2 Å². The zero-order chi connectivity index (χ0) is 7.28. The van der Waals surface area contributed by atoms with Gasteiger partial charge in [-0.1, -0.05) is 18.6 Å². The number of rotatable bonds is 3. The van der Waals surface area contributed by atoms with E-state index in [0.29, 0.717) is 0 Å². The van der Waals surface area contributed by atoms with Gasteiger partial charge in [0, 0.05) is 0 Å². The molecule has 0 fully saturated rings. The van der Waals surface area contributed by atoms with E-state index in [9.17, 15) is 0 Å². The molecule has 0 aromatic heterocycles. The fraction of sp³-hybridized carbons (Fsp3) is 0.750. The topological polar surface area (TPSA) is 20.2 Å². The molecular formula is C8H16O. The van der Waals surface area contributed by atoms with Gasteiger partial charge in [0.1, 0.15) is 0 Å². The van der Waals surface area contributed by atoms with Crippen LogP contribution in [0.4, 0.5) is 0 Å². The van der Waals surface area contributed by atoms with Crippen LogP contribution >= 0.6 is 0 Å². The molecule has 54 valence electrons. The summed E-state index contributed by atoms with van der Waals surface area (Å²) in [5.41, 5.74) is 1.28. The minimum atomic E-state index is -0.187. The first-order valence-corrected chi connectivity index (χ1v) is 3.50. The summed E-state index contributed by atoms with van der Waals surface area (Å²) in [7, 11) is 0. The van der Waals surface area contributed by atoms with Crippen molar-refractivity contribution in [1.82, 2.24) is 0 Å². The van der Waals surface area contributed by atoms with Gasteiger partial charge in [-0.25, -0.2) is 0 Å². The molecular weight excluding hydrogens is 112 g/mol. The Kier molecular flexibility index (Phi) is 4.41. The lowest BCUT2D eigenvalue weighted by Gasteiger charge is -2.02. The number of aliphatic hydroxyl groups excluding tert-OH is 1. The van der Waals surface area contributed by atoms with Gasteiger partial charge in [0.15, 0.2) is 0 Å². The van der Waals surface area contributed by atoms with Crippen LogP contribution in [0.15, 0.2) is 11.6 Å². The summed E-state index contributed by atoms with van der Waals surface area (Å²) in [5.74, 6) is 0. The van der Waals surface area contributed by atoms with E-state index in [0.717, 1.165) is 12.8 Å². The molecule has 0 amide bonds. The highest BCUT2D eigenvalue weighted by Crippen LogP contribution is 2.04. The number of hydrogen-bond acceptors (Lipinski definition) is 1. The second-order valence-corrected chi connectivity index (χ2v) is 2.51. The molecule has 1 heteroatoms. The van der Waals surface area contributed by atoms with Gasteiger partial charge in [0.25, 0.3) is 0 Å². The van der Waals surface area contributed by atoms with E-state index >= 15 is 0 Å². The van der Waals surface area contributed by atoms with Gasteiger partial charge in [-0.2, -0.15) is 0 Å². The molecule has 0 aliphatic rings. The lowest BCUT2D eigenvalue weighted by atomic mass is 10.1. The number of aliphatic hydroxyl groups is 1. The molecule has 0 saturated carbocycles. The lowest BCUT2D eigenvalue weighted by molar-refractivity contribution is 0.195. The molecule has 0 aromatic rings. The first-order valence-electron chi connectivity index (χ1n) is 3.50. The molecule has 0 bridgehead atoms. The van der Waals surface area contributed by atoms with Crippen LogP contribution in [0.2, 0.25) is 0 Å². The predicted octanol–water partition coefficient (Wildman–Crippen LogP) is 2.11. The van der Waals surface area contributed by atoms with E-state index in [1.54, 1.807) is 0 Å². The molecule has 0 saturated heterocycles. The third-order valence-electron chi connectivity index (χ3n) is 1.17. The van der Waals surface area contributed by atoms with Gasteiger partial charge < -0.3 is 5.11 Å². The third kappa shape index (κ3) is 5.57. The minimum absolute atomic E-state index is 0.187. The second-order valence-electron chi connectivity index (χ2n) is 2.51. The molecule has 0 heterocycles. The van der Waals surface area contributed by atoms with Crippen molar-refractivity contribution in [2.45, 2.75) is 39.7 Å². The van der Waals surface area contributed by atoms with E-state index in [-0.39, 0.29) is 6.10 Å². The van der Waals surface area contributed by atoms with Crippen LogP contribution in [0.1, 0.15) is 33.6 Å². The van der Waals surface area contributed by atoms with Crippen molar-refractivity contribution < 1.29 is 5.11 Å². The smallest absolute Gasteiger partial charge is 0.0549 e. The Bertz CT molecular complexity index is 92.7. The molecule has 0 aliphatic heterocycles. The molecule has 0 spiro atoms. The van der Waals surface area contributed by atoms with Gasteiger partial charge in [0.05, 0.1) is 6.10 Å². The van der Waals surface area contributed by atoms with Crippen molar-refractivity contribution in [3.05, 3.63) is 11.6 Å². The van der Waals surface area contributed by atoms with E-state index in [4.69, 9.17) is 5.11 Å². The summed E-state index contributed by atoms with van der Waals surface area (Å²) >= 11 is 0. The zero-order valence-corrected chi connectivity index (χ0v) is 6.52. The maximum atomic E-state index is 8.91. The van der Waals surface area contributed by atoms with Crippen LogP contribution < -0.4 is 0 Å². The lowest BCUT2D eigenvalue weighted by Crippen LogP contribution is -1.98. The summed E-state index contributed by atoms with van der Waals surface area (Å²) in [6, 6.07) is 0. The van der Waals surface area contributed by atoms with Gasteiger partial charge in [-0.15, -0.1) is 0 Å².